The summed E-state index contributed by atoms with van der Waals surface area (Å²) < 4.78 is 0. The number of nitrogens with two attached hydrogens (primary N) is 1. The summed E-state index contributed by atoms with van der Waals surface area (Å²) in [5, 5.41) is 2.31. The van der Waals surface area contributed by atoms with Crippen molar-refractivity contribution in [1.82, 2.24) is 0 Å². The van der Waals surface area contributed by atoms with Gasteiger partial charge in [-0.3, -0.25) is 0 Å². The van der Waals surface area contributed by atoms with Crippen LogP contribution < -0.4 is 5.73 Å². The summed E-state index contributed by atoms with van der Waals surface area (Å²) >= 11 is 0. The molecule has 0 heterocycles. The van der Waals surface area contributed by atoms with Gasteiger partial charge in [0.2, 0.25) is 0 Å². The van der Waals surface area contributed by atoms with Crippen LogP contribution in [0.15, 0.2) is 113 Å². The number of nitrogens with zero attached hydrogens (tertiary/aromatic N) is 2. The number of aryl methyl sites for hydroxylation is 1. The molecule has 2 N–H and O–H groups in total. The van der Waals surface area contributed by atoms with Gasteiger partial charge in [-0.15, -0.1) is 0 Å². The van der Waals surface area contributed by atoms with Crippen LogP contribution in [0.25, 0.3) is 10.8 Å². The summed E-state index contributed by atoms with van der Waals surface area (Å²) in [5.41, 5.74) is 10.9. The van der Waals surface area contributed by atoms with E-state index >= 15 is 0 Å². The molecule has 0 atom stereocenters. The van der Waals surface area contributed by atoms with E-state index < -0.39 is 0 Å². The second kappa shape index (κ2) is 12.2. The van der Waals surface area contributed by atoms with Crippen LogP contribution in [0.2, 0.25) is 0 Å². The third-order valence-corrected chi connectivity index (χ3v) is 4.78. The highest BCUT2D eigenvalue weighted by Gasteiger charge is 2.09. The van der Waals surface area contributed by atoms with Gasteiger partial charge in [0.15, 0.2) is 5.84 Å². The van der Waals surface area contributed by atoms with Crippen LogP contribution in [0, 0.1) is 6.92 Å². The molecule has 0 fully saturated rings. The third-order valence-electron chi connectivity index (χ3n) is 4.78. The van der Waals surface area contributed by atoms with Crippen LogP contribution >= 0.6 is 0 Å². The highest BCUT2D eigenvalue weighted by atomic mass is 15.0. The van der Waals surface area contributed by atoms with Gasteiger partial charge in [0.1, 0.15) is 5.84 Å². The van der Waals surface area contributed by atoms with Crippen LogP contribution in [-0.2, 0) is 0 Å². The third kappa shape index (κ3) is 6.39. The number of aliphatic imine (C=N–C) groups is 2. The minimum Gasteiger partial charge on any atom is -0.383 e. The van der Waals surface area contributed by atoms with E-state index in [4.69, 9.17) is 15.7 Å². The molecule has 3 rings (SSSR count). The number of benzene rings is 3. The molecule has 32 heavy (non-hydrogen) atoms. The van der Waals surface area contributed by atoms with E-state index in [9.17, 15) is 0 Å². The van der Waals surface area contributed by atoms with E-state index in [0.29, 0.717) is 17.4 Å². The quantitative estimate of drug-likeness (QED) is 0.260. The van der Waals surface area contributed by atoms with Gasteiger partial charge >= 0.3 is 0 Å². The molecule has 0 aliphatic heterocycles. The lowest BCUT2D eigenvalue weighted by Crippen LogP contribution is -2.16. The predicted molar refractivity (Wildman–Crippen MR) is 141 cm³/mol. The van der Waals surface area contributed by atoms with Crippen LogP contribution in [-0.4, -0.2) is 11.7 Å². The lowest BCUT2D eigenvalue weighted by molar-refractivity contribution is 1.31. The zero-order chi connectivity index (χ0) is 23.5. The zero-order valence-corrected chi connectivity index (χ0v) is 19.8. The standard InChI is InChI=1S/C27H27N3.C2H6/c1-5-10-21(6-2)20(4)29-27(30-26(28)22-11-8-7-9-12-22)25-16-15-23-17-19(3)13-14-24(23)18-25;1-2/h5-18H,4H2,1-3H3,(H2,28,29,30);1-2H3/b10-5-,21-6+;. The Bertz CT molecular complexity index is 1180. The van der Waals surface area contributed by atoms with Crippen molar-refractivity contribution in [2.45, 2.75) is 34.6 Å². The maximum Gasteiger partial charge on any atom is 0.162 e. The Morgan fingerprint density at radius 2 is 1.50 bits per heavy atom. The highest BCUT2D eigenvalue weighted by molar-refractivity contribution is 6.12. The molecule has 3 nitrogen and oxygen atoms in total. The lowest BCUT2D eigenvalue weighted by atomic mass is 10.0. The average molecular weight is 424 g/mol. The fourth-order valence-electron chi connectivity index (χ4n) is 3.18. The van der Waals surface area contributed by atoms with Crippen LogP contribution in [0.1, 0.15) is 44.4 Å². The van der Waals surface area contributed by atoms with E-state index in [0.717, 1.165) is 22.1 Å². The normalized spacial score (nSPS) is 12.6. The summed E-state index contributed by atoms with van der Waals surface area (Å²) in [6, 6.07) is 22.3. The monoisotopic (exact) mass is 423 g/mol. The van der Waals surface area contributed by atoms with Crippen molar-refractivity contribution in [1.29, 1.82) is 0 Å². The number of allylic oxidation sites excluding steroid dienone is 3. The smallest absolute Gasteiger partial charge is 0.162 e. The topological polar surface area (TPSA) is 50.7 Å². The van der Waals surface area contributed by atoms with E-state index in [2.05, 4.69) is 43.8 Å². The Kier molecular flexibility index (Phi) is 9.37. The first-order valence-corrected chi connectivity index (χ1v) is 11.0. The second-order valence-electron chi connectivity index (χ2n) is 7.05. The Balaban J connectivity index is 0.00000176. The predicted octanol–water partition coefficient (Wildman–Crippen LogP) is 7.36. The molecule has 0 saturated carbocycles. The molecule has 0 saturated heterocycles. The highest BCUT2D eigenvalue weighted by Crippen LogP contribution is 2.20. The first-order valence-electron chi connectivity index (χ1n) is 11.0. The maximum absolute atomic E-state index is 6.32. The number of hydrogen-bond acceptors (Lipinski definition) is 1. The molecule has 3 aromatic carbocycles. The largest absolute Gasteiger partial charge is 0.383 e. The summed E-state index contributed by atoms with van der Waals surface area (Å²) in [7, 11) is 0. The van der Waals surface area contributed by atoms with Crippen molar-refractivity contribution in [2.24, 2.45) is 15.7 Å². The van der Waals surface area contributed by atoms with Gasteiger partial charge in [0, 0.05) is 11.1 Å². The first kappa shape index (κ1) is 24.5. The molecule has 0 bridgehead atoms. The molecule has 0 aliphatic carbocycles. The van der Waals surface area contributed by atoms with Crippen LogP contribution in [0.5, 0.6) is 0 Å². The van der Waals surface area contributed by atoms with Crippen molar-refractivity contribution < 1.29 is 0 Å². The minimum absolute atomic E-state index is 0.416. The molecule has 0 aromatic heterocycles. The van der Waals surface area contributed by atoms with Gasteiger partial charge in [-0.1, -0.05) is 105 Å². The second-order valence-corrected chi connectivity index (χ2v) is 7.05. The van der Waals surface area contributed by atoms with Crippen LogP contribution in [0.3, 0.4) is 0 Å². The summed E-state index contributed by atoms with van der Waals surface area (Å²) in [5.74, 6) is 0.951. The van der Waals surface area contributed by atoms with Crippen molar-refractivity contribution in [3.63, 3.8) is 0 Å². The number of hydrogen-bond donors (Lipinski definition) is 1. The SMILES string of the molecule is C=C(N=C(N=C(N)c1ccccc1)c1ccc2cc(C)ccc2c1)C(/C=C\C)=C/C.CC. The van der Waals surface area contributed by atoms with Gasteiger partial charge in [-0.2, -0.15) is 0 Å². The maximum atomic E-state index is 6.32. The lowest BCUT2D eigenvalue weighted by Gasteiger charge is -2.09. The van der Waals surface area contributed by atoms with Crippen molar-refractivity contribution in [2.75, 3.05) is 0 Å². The van der Waals surface area contributed by atoms with E-state index in [1.54, 1.807) is 0 Å². The molecule has 0 radical (unpaired) electrons. The van der Waals surface area contributed by atoms with Crippen molar-refractivity contribution >= 4 is 22.4 Å². The van der Waals surface area contributed by atoms with Gasteiger partial charge in [-0.05, 0) is 43.2 Å². The van der Waals surface area contributed by atoms with Crippen molar-refractivity contribution in [3.8, 4) is 0 Å². The summed E-state index contributed by atoms with van der Waals surface area (Å²) in [4.78, 5) is 9.45. The number of fused-ring (bicyclic) bond motifs is 1. The Morgan fingerprint density at radius 1 is 0.844 bits per heavy atom. The van der Waals surface area contributed by atoms with E-state index in [1.165, 1.54) is 10.9 Å². The van der Waals surface area contributed by atoms with Gasteiger partial charge in [0.05, 0.1) is 5.70 Å². The van der Waals surface area contributed by atoms with Crippen LogP contribution in [0.4, 0.5) is 0 Å². The van der Waals surface area contributed by atoms with Gasteiger partial charge in [0.25, 0.3) is 0 Å². The van der Waals surface area contributed by atoms with Gasteiger partial charge < -0.3 is 5.73 Å². The molecule has 0 spiro atoms. The zero-order valence-electron chi connectivity index (χ0n) is 19.8. The van der Waals surface area contributed by atoms with E-state index in [1.807, 2.05) is 82.3 Å². The Labute approximate surface area is 192 Å². The molecular weight excluding hydrogens is 390 g/mol. The molecule has 3 heteroatoms. The van der Waals surface area contributed by atoms with Crippen molar-refractivity contribution in [3.05, 3.63) is 119 Å². The van der Waals surface area contributed by atoms with E-state index in [-0.39, 0.29) is 0 Å². The minimum atomic E-state index is 0.416. The summed E-state index contributed by atoms with van der Waals surface area (Å²) in [6.45, 7) is 14.2. The van der Waals surface area contributed by atoms with Gasteiger partial charge in [-0.25, -0.2) is 9.98 Å². The average Bonchev–Trinajstić information content (AvgIpc) is 2.83. The molecule has 0 amide bonds. The fraction of sp³-hybridized carbons (Fsp3) is 0.172. The molecule has 0 unspecified atom stereocenters. The Hall–Kier alpha value is -3.72. The Morgan fingerprint density at radius 3 is 2.16 bits per heavy atom. The summed E-state index contributed by atoms with van der Waals surface area (Å²) in [6.07, 6.45) is 5.93. The number of rotatable bonds is 5. The number of amidine groups is 2. The fourth-order valence-corrected chi connectivity index (χ4v) is 3.18. The first-order chi connectivity index (χ1) is 15.5. The molecular formula is C29H33N3. The molecule has 3 aromatic rings. The molecule has 164 valence electrons. The molecule has 0 aliphatic rings.